The number of amides is 2. The summed E-state index contributed by atoms with van der Waals surface area (Å²) < 4.78 is 38.7. The third-order valence-corrected chi connectivity index (χ3v) is 4.95. The van der Waals surface area contributed by atoms with Crippen molar-refractivity contribution >= 4 is 22.3 Å². The fraction of sp³-hybridized carbons (Fsp3) is 0.600. The smallest absolute Gasteiger partial charge is 0.410 e. The van der Waals surface area contributed by atoms with Gasteiger partial charge < -0.3 is 14.4 Å². The highest BCUT2D eigenvalue weighted by atomic mass is 32.2. The van der Waals surface area contributed by atoms with Gasteiger partial charge in [0.1, 0.15) is 12.2 Å². The zero-order chi connectivity index (χ0) is 22.5. The molecule has 0 N–H and O–H groups in total. The van der Waals surface area contributed by atoms with E-state index in [1.807, 2.05) is 30.3 Å². The fourth-order valence-corrected chi connectivity index (χ4v) is 3.39. The van der Waals surface area contributed by atoms with Gasteiger partial charge in [0.05, 0.1) is 24.9 Å². The van der Waals surface area contributed by atoms with Gasteiger partial charge in [-0.05, 0) is 33.3 Å². The van der Waals surface area contributed by atoms with Crippen LogP contribution in [0.4, 0.5) is 9.59 Å². The molecule has 1 heterocycles. The highest BCUT2D eigenvalue weighted by molar-refractivity contribution is 7.85. The Morgan fingerprint density at radius 1 is 1.07 bits per heavy atom. The monoisotopic (exact) mass is 442 g/mol. The molecule has 30 heavy (non-hydrogen) atoms. The highest BCUT2D eigenvalue weighted by Gasteiger charge is 2.39. The number of hydrogen-bond acceptors (Lipinski definition) is 7. The number of ether oxygens (including phenoxy) is 2. The minimum absolute atomic E-state index is 0.0615. The van der Waals surface area contributed by atoms with E-state index in [0.717, 1.165) is 11.8 Å². The average molecular weight is 443 g/mol. The molecule has 0 bridgehead atoms. The van der Waals surface area contributed by atoms with Crippen molar-refractivity contribution in [3.05, 3.63) is 35.9 Å². The summed E-state index contributed by atoms with van der Waals surface area (Å²) in [6.07, 6.45) is -0.199. The molecule has 0 aromatic heterocycles. The van der Waals surface area contributed by atoms with Crippen molar-refractivity contribution in [3.63, 3.8) is 0 Å². The van der Waals surface area contributed by atoms with Crippen LogP contribution in [0.5, 0.6) is 0 Å². The molecule has 0 aliphatic carbocycles. The SMILES string of the molecule is C[C@H]1CN(C(=O)OCc2ccccc2)[C@H](COS(C)(=O)=O)CN1C(=O)OC(C)(C)C. The van der Waals surface area contributed by atoms with Crippen molar-refractivity contribution < 1.29 is 31.7 Å². The maximum absolute atomic E-state index is 12.7. The number of rotatable bonds is 5. The lowest BCUT2D eigenvalue weighted by molar-refractivity contribution is -0.0202. The number of piperazine rings is 1. The third kappa shape index (κ3) is 7.49. The molecule has 0 spiro atoms. The molecule has 168 valence electrons. The van der Waals surface area contributed by atoms with E-state index in [-0.39, 0.29) is 32.3 Å². The van der Waals surface area contributed by atoms with Gasteiger partial charge in [0.25, 0.3) is 10.1 Å². The van der Waals surface area contributed by atoms with Crippen molar-refractivity contribution in [1.82, 2.24) is 9.80 Å². The highest BCUT2D eigenvalue weighted by Crippen LogP contribution is 2.21. The molecule has 10 heteroatoms. The largest absolute Gasteiger partial charge is 0.445 e. The summed E-state index contributed by atoms with van der Waals surface area (Å²) in [4.78, 5) is 28.2. The second-order valence-corrected chi connectivity index (χ2v) is 9.96. The summed E-state index contributed by atoms with van der Waals surface area (Å²) >= 11 is 0. The summed E-state index contributed by atoms with van der Waals surface area (Å²) in [6, 6.07) is 8.16. The molecule has 1 saturated heterocycles. The van der Waals surface area contributed by atoms with Gasteiger partial charge in [-0.25, -0.2) is 9.59 Å². The van der Waals surface area contributed by atoms with Gasteiger partial charge in [-0.1, -0.05) is 30.3 Å². The molecular formula is C20H30N2O7S. The Morgan fingerprint density at radius 2 is 1.70 bits per heavy atom. The van der Waals surface area contributed by atoms with Gasteiger partial charge in [-0.2, -0.15) is 8.42 Å². The summed E-state index contributed by atoms with van der Waals surface area (Å²) in [5, 5.41) is 0. The standard InChI is InChI=1S/C20H30N2O7S/c1-15-11-22(18(23)27-13-16-9-7-6-8-10-16)17(14-28-30(5,25)26)12-21(15)19(24)29-20(2,3)4/h6-10,15,17H,11-14H2,1-5H3/t15-,17-/m0/s1. The van der Waals surface area contributed by atoms with Crippen LogP contribution in [-0.2, 0) is 30.4 Å². The molecule has 1 aliphatic heterocycles. The number of carbonyl (C=O) groups excluding carboxylic acids is 2. The van der Waals surface area contributed by atoms with E-state index in [2.05, 4.69) is 0 Å². The van der Waals surface area contributed by atoms with Crippen LogP contribution < -0.4 is 0 Å². The molecule has 1 aromatic rings. The molecule has 1 aromatic carbocycles. The summed E-state index contributed by atoms with van der Waals surface area (Å²) in [5.41, 5.74) is 0.150. The van der Waals surface area contributed by atoms with E-state index in [1.165, 1.54) is 9.80 Å². The average Bonchev–Trinajstić information content (AvgIpc) is 2.63. The lowest BCUT2D eigenvalue weighted by Gasteiger charge is -2.44. The molecule has 2 amide bonds. The Morgan fingerprint density at radius 3 is 2.27 bits per heavy atom. The van der Waals surface area contributed by atoms with E-state index in [1.54, 1.807) is 27.7 Å². The van der Waals surface area contributed by atoms with E-state index >= 15 is 0 Å². The molecule has 1 aliphatic rings. The van der Waals surface area contributed by atoms with Gasteiger partial charge in [0.15, 0.2) is 0 Å². The molecule has 0 saturated carbocycles. The van der Waals surface area contributed by atoms with Gasteiger partial charge in [0.2, 0.25) is 0 Å². The van der Waals surface area contributed by atoms with Gasteiger partial charge in [-0.3, -0.25) is 9.08 Å². The maximum Gasteiger partial charge on any atom is 0.410 e. The molecule has 2 rings (SSSR count). The Hall–Kier alpha value is -2.33. The zero-order valence-electron chi connectivity index (χ0n) is 18.0. The second-order valence-electron chi connectivity index (χ2n) is 8.32. The van der Waals surface area contributed by atoms with E-state index in [0.29, 0.717) is 0 Å². The van der Waals surface area contributed by atoms with Crippen molar-refractivity contribution in [2.75, 3.05) is 26.0 Å². The Balaban J connectivity index is 2.12. The van der Waals surface area contributed by atoms with Gasteiger partial charge in [-0.15, -0.1) is 0 Å². The first-order valence-electron chi connectivity index (χ1n) is 9.67. The lowest BCUT2D eigenvalue weighted by Crippen LogP contribution is -2.62. The van der Waals surface area contributed by atoms with E-state index < -0.39 is 33.9 Å². The zero-order valence-corrected chi connectivity index (χ0v) is 18.8. The second kappa shape index (κ2) is 9.65. The van der Waals surface area contributed by atoms with Crippen molar-refractivity contribution in [1.29, 1.82) is 0 Å². The summed E-state index contributed by atoms with van der Waals surface area (Å²) in [6.45, 7) is 7.09. The van der Waals surface area contributed by atoms with Crippen LogP contribution in [0.3, 0.4) is 0 Å². The lowest BCUT2D eigenvalue weighted by atomic mass is 10.1. The maximum atomic E-state index is 12.7. The predicted octanol–water partition coefficient (Wildman–Crippen LogP) is 2.61. The topological polar surface area (TPSA) is 102 Å². The van der Waals surface area contributed by atoms with Crippen LogP contribution in [-0.4, -0.2) is 74.0 Å². The summed E-state index contributed by atoms with van der Waals surface area (Å²) in [5.74, 6) is 0. The number of carbonyl (C=O) groups is 2. The molecule has 9 nitrogen and oxygen atoms in total. The number of hydrogen-bond donors (Lipinski definition) is 0. The van der Waals surface area contributed by atoms with Crippen LogP contribution in [0.15, 0.2) is 30.3 Å². The third-order valence-electron chi connectivity index (χ3n) is 4.38. The first-order valence-corrected chi connectivity index (χ1v) is 11.5. The van der Waals surface area contributed by atoms with Gasteiger partial charge >= 0.3 is 12.2 Å². The Kier molecular flexibility index (Phi) is 7.70. The first-order chi connectivity index (χ1) is 13.9. The van der Waals surface area contributed by atoms with Crippen molar-refractivity contribution in [2.24, 2.45) is 0 Å². The van der Waals surface area contributed by atoms with Crippen LogP contribution in [0.1, 0.15) is 33.3 Å². The number of benzene rings is 1. The van der Waals surface area contributed by atoms with Crippen molar-refractivity contribution in [2.45, 2.75) is 52.0 Å². The fourth-order valence-electron chi connectivity index (χ4n) is 2.98. The van der Waals surface area contributed by atoms with Gasteiger partial charge in [0, 0.05) is 13.1 Å². The van der Waals surface area contributed by atoms with Crippen molar-refractivity contribution in [3.8, 4) is 0 Å². The minimum atomic E-state index is -3.72. The molecule has 1 fully saturated rings. The Labute approximate surface area is 178 Å². The molecular weight excluding hydrogens is 412 g/mol. The normalized spacial score (nSPS) is 20.0. The van der Waals surface area contributed by atoms with Crippen LogP contribution in [0.2, 0.25) is 0 Å². The predicted molar refractivity (Wildman–Crippen MR) is 110 cm³/mol. The van der Waals surface area contributed by atoms with E-state index in [9.17, 15) is 18.0 Å². The van der Waals surface area contributed by atoms with Crippen LogP contribution in [0.25, 0.3) is 0 Å². The summed E-state index contributed by atoms with van der Waals surface area (Å²) in [7, 11) is -3.72. The molecule has 0 unspecified atom stereocenters. The molecule has 2 atom stereocenters. The van der Waals surface area contributed by atoms with Crippen LogP contribution >= 0.6 is 0 Å². The number of nitrogens with zero attached hydrogens (tertiary/aromatic N) is 2. The quantitative estimate of drug-likeness (QED) is 0.646. The minimum Gasteiger partial charge on any atom is -0.445 e. The first kappa shape index (κ1) is 23.9. The Bertz CT molecular complexity index is 836. The molecule has 0 radical (unpaired) electrons. The van der Waals surface area contributed by atoms with Crippen LogP contribution in [0, 0.1) is 0 Å². The van der Waals surface area contributed by atoms with E-state index in [4.69, 9.17) is 13.7 Å².